The van der Waals surface area contributed by atoms with Gasteiger partial charge in [0.2, 0.25) is 11.6 Å². The van der Waals surface area contributed by atoms with Gasteiger partial charge in [0.15, 0.2) is 0 Å². The van der Waals surface area contributed by atoms with Crippen molar-refractivity contribution >= 4 is 11.6 Å². The topological polar surface area (TPSA) is 93.1 Å². The molecule has 0 saturated carbocycles. The highest BCUT2D eigenvalue weighted by atomic mass is 16.5. The van der Waals surface area contributed by atoms with Crippen LogP contribution in [0.15, 0.2) is 18.2 Å². The smallest absolute Gasteiger partial charge is 0.202 e. The number of ether oxygens (including phenoxy) is 2. The van der Waals surface area contributed by atoms with Crippen LogP contribution in [0.2, 0.25) is 0 Å². The lowest BCUT2D eigenvalue weighted by Crippen LogP contribution is -2.23. The van der Waals surface area contributed by atoms with Gasteiger partial charge in [-0.15, -0.1) is 0 Å². The van der Waals surface area contributed by atoms with Gasteiger partial charge in [-0.2, -0.15) is 0 Å². The van der Waals surface area contributed by atoms with Gasteiger partial charge in [-0.1, -0.05) is 0 Å². The maximum atomic E-state index is 12.9. The van der Waals surface area contributed by atoms with Crippen LogP contribution in [0.3, 0.4) is 0 Å². The maximum absolute atomic E-state index is 12.9. The van der Waals surface area contributed by atoms with Crippen LogP contribution in [0.25, 0.3) is 0 Å². The molecule has 2 aromatic rings. The molecular weight excluding hydrogens is 300 g/mol. The van der Waals surface area contributed by atoms with Crippen LogP contribution in [-0.2, 0) is 0 Å². The molecule has 3 rings (SSSR count). The molecule has 0 fully saturated rings. The minimum Gasteiger partial charge on any atom is -0.507 e. The minimum absolute atomic E-state index is 0.0166. The van der Waals surface area contributed by atoms with E-state index in [1.165, 1.54) is 39.3 Å². The minimum atomic E-state index is -0.599. The summed E-state index contributed by atoms with van der Waals surface area (Å²) in [5.41, 5.74) is -0.107. The van der Waals surface area contributed by atoms with E-state index in [-0.39, 0.29) is 45.3 Å². The number of aromatic hydroxyl groups is 2. The molecule has 0 heterocycles. The van der Waals surface area contributed by atoms with Crippen molar-refractivity contribution in [2.45, 2.75) is 6.92 Å². The van der Waals surface area contributed by atoms with Gasteiger partial charge in [0.05, 0.1) is 36.5 Å². The van der Waals surface area contributed by atoms with E-state index in [0.717, 1.165) is 0 Å². The molecule has 1 aliphatic rings. The Kier molecular flexibility index (Phi) is 3.25. The highest BCUT2D eigenvalue weighted by Gasteiger charge is 2.39. The molecule has 6 nitrogen and oxygen atoms in total. The highest BCUT2D eigenvalue weighted by Crippen LogP contribution is 2.44. The number of phenolic OH excluding ortho intramolecular Hbond substituents is 2. The number of ketones is 2. The van der Waals surface area contributed by atoms with Gasteiger partial charge in [-0.25, -0.2) is 0 Å². The molecule has 1 aliphatic carbocycles. The van der Waals surface area contributed by atoms with Crippen LogP contribution >= 0.6 is 0 Å². The summed E-state index contributed by atoms with van der Waals surface area (Å²) in [5, 5.41) is 20.3. The lowest BCUT2D eigenvalue weighted by Gasteiger charge is -2.23. The van der Waals surface area contributed by atoms with Crippen molar-refractivity contribution in [3.05, 3.63) is 46.0 Å². The number of carbonyl (C=O) groups is 2. The molecule has 0 bridgehead atoms. The maximum Gasteiger partial charge on any atom is 0.202 e. The Bertz CT molecular complexity index is 866. The van der Waals surface area contributed by atoms with Gasteiger partial charge in [0.25, 0.3) is 0 Å². The number of hydrogen-bond donors (Lipinski definition) is 2. The average molecular weight is 314 g/mol. The molecule has 0 spiro atoms. The van der Waals surface area contributed by atoms with E-state index in [1.54, 1.807) is 0 Å². The zero-order chi connectivity index (χ0) is 16.9. The molecule has 0 atom stereocenters. The zero-order valence-corrected chi connectivity index (χ0v) is 12.8. The highest BCUT2D eigenvalue weighted by molar-refractivity contribution is 6.32. The fourth-order valence-corrected chi connectivity index (χ4v) is 2.85. The first-order valence-corrected chi connectivity index (χ1v) is 6.82. The first kappa shape index (κ1) is 14.9. The molecule has 23 heavy (non-hydrogen) atoms. The predicted octanol–water partition coefficient (Wildman–Crippen LogP) is 2.20. The number of aryl methyl sites for hydroxylation is 1. The molecule has 0 saturated heterocycles. The van der Waals surface area contributed by atoms with E-state index < -0.39 is 11.6 Å². The van der Waals surface area contributed by atoms with E-state index in [1.807, 2.05) is 0 Å². The average Bonchev–Trinajstić information content (AvgIpc) is 2.54. The largest absolute Gasteiger partial charge is 0.507 e. The Labute approximate surface area is 131 Å². The van der Waals surface area contributed by atoms with Crippen molar-refractivity contribution in [1.29, 1.82) is 0 Å². The molecule has 0 aromatic heterocycles. The fourth-order valence-electron chi connectivity index (χ4n) is 2.85. The summed E-state index contributed by atoms with van der Waals surface area (Å²) in [6.45, 7) is 1.53. The van der Waals surface area contributed by atoms with Crippen LogP contribution in [0.5, 0.6) is 23.0 Å². The van der Waals surface area contributed by atoms with Crippen molar-refractivity contribution in [3.63, 3.8) is 0 Å². The van der Waals surface area contributed by atoms with E-state index in [4.69, 9.17) is 9.47 Å². The number of methoxy groups -OCH3 is 2. The molecule has 118 valence electrons. The number of hydrogen-bond acceptors (Lipinski definition) is 6. The van der Waals surface area contributed by atoms with Crippen LogP contribution in [0.4, 0.5) is 0 Å². The molecule has 6 heteroatoms. The normalized spacial score (nSPS) is 12.7. The molecule has 2 aromatic carbocycles. The second-order valence-corrected chi connectivity index (χ2v) is 5.19. The van der Waals surface area contributed by atoms with Gasteiger partial charge in [-0.05, 0) is 30.7 Å². The van der Waals surface area contributed by atoms with Gasteiger partial charge in [-0.3, -0.25) is 9.59 Å². The second kappa shape index (κ2) is 5.01. The number of benzene rings is 2. The van der Waals surface area contributed by atoms with Crippen molar-refractivity contribution in [2.75, 3.05) is 14.2 Å². The molecule has 0 radical (unpaired) electrons. The first-order chi connectivity index (χ1) is 10.9. The van der Waals surface area contributed by atoms with Crippen LogP contribution in [0.1, 0.15) is 37.4 Å². The van der Waals surface area contributed by atoms with Crippen molar-refractivity contribution in [2.24, 2.45) is 0 Å². The van der Waals surface area contributed by atoms with Crippen molar-refractivity contribution in [3.8, 4) is 23.0 Å². The van der Waals surface area contributed by atoms with Crippen LogP contribution < -0.4 is 9.47 Å². The third-order valence-corrected chi connectivity index (χ3v) is 3.95. The fraction of sp³-hybridized carbons (Fsp3) is 0.176. The summed E-state index contributed by atoms with van der Waals surface area (Å²) < 4.78 is 10.3. The van der Waals surface area contributed by atoms with Gasteiger partial charge in [0, 0.05) is 0 Å². The standard InChI is InChI=1S/C17H14O6/c1-7-6-8(18)11-14(15(7)19)17(21)13-10(23-3)5-4-9(22-2)12(13)16(11)20/h4-6,18-19H,1-3H3. The van der Waals surface area contributed by atoms with Crippen molar-refractivity contribution < 1.29 is 29.3 Å². The Hall–Kier alpha value is -3.02. The summed E-state index contributed by atoms with van der Waals surface area (Å²) in [4.78, 5) is 25.7. The SMILES string of the molecule is COc1ccc(OC)c2c1C(=O)c1c(O)cc(C)c(O)c1C2=O. The predicted molar refractivity (Wildman–Crippen MR) is 80.9 cm³/mol. The molecule has 2 N–H and O–H groups in total. The molecule has 0 amide bonds. The molecule has 0 aliphatic heterocycles. The number of rotatable bonds is 2. The Morgan fingerprint density at radius 3 is 1.78 bits per heavy atom. The quantitative estimate of drug-likeness (QED) is 0.704. The van der Waals surface area contributed by atoms with Gasteiger partial charge >= 0.3 is 0 Å². The lowest BCUT2D eigenvalue weighted by atomic mass is 9.81. The summed E-state index contributed by atoms with van der Waals surface area (Å²) in [6.07, 6.45) is 0. The third-order valence-electron chi connectivity index (χ3n) is 3.95. The summed E-state index contributed by atoms with van der Waals surface area (Å²) in [7, 11) is 2.75. The summed E-state index contributed by atoms with van der Waals surface area (Å²) >= 11 is 0. The van der Waals surface area contributed by atoms with Crippen molar-refractivity contribution in [1.82, 2.24) is 0 Å². The third kappa shape index (κ3) is 1.88. The van der Waals surface area contributed by atoms with Gasteiger partial charge in [0.1, 0.15) is 23.0 Å². The summed E-state index contributed by atoms with van der Waals surface area (Å²) in [5.74, 6) is -1.48. The zero-order valence-electron chi connectivity index (χ0n) is 12.8. The number of carbonyl (C=O) groups excluding carboxylic acids is 2. The molecule has 0 unspecified atom stereocenters. The lowest BCUT2D eigenvalue weighted by molar-refractivity contribution is 0.0969. The van der Waals surface area contributed by atoms with Crippen LogP contribution in [0, 0.1) is 6.92 Å². The van der Waals surface area contributed by atoms with E-state index >= 15 is 0 Å². The van der Waals surface area contributed by atoms with Gasteiger partial charge < -0.3 is 19.7 Å². The van der Waals surface area contributed by atoms with E-state index in [9.17, 15) is 19.8 Å². The Morgan fingerprint density at radius 2 is 1.30 bits per heavy atom. The summed E-state index contributed by atoms with van der Waals surface area (Å²) in [6, 6.07) is 4.27. The number of fused-ring (bicyclic) bond motifs is 2. The first-order valence-electron chi connectivity index (χ1n) is 6.82. The Balaban J connectivity index is 2.45. The monoisotopic (exact) mass is 314 g/mol. The second-order valence-electron chi connectivity index (χ2n) is 5.19. The number of phenols is 2. The van der Waals surface area contributed by atoms with E-state index in [2.05, 4.69) is 0 Å². The molecular formula is C17H14O6. The van der Waals surface area contributed by atoms with E-state index in [0.29, 0.717) is 5.56 Å². The van der Waals surface area contributed by atoms with Crippen LogP contribution in [-0.4, -0.2) is 36.0 Å². The Morgan fingerprint density at radius 1 is 0.826 bits per heavy atom.